The first kappa shape index (κ1) is 8.43. The van der Waals surface area contributed by atoms with Gasteiger partial charge in [-0.25, -0.2) is 0 Å². The molecule has 2 atom stereocenters. The monoisotopic (exact) mass is 131 g/mol. The van der Waals surface area contributed by atoms with E-state index in [0.717, 1.165) is 0 Å². The highest BCUT2D eigenvalue weighted by molar-refractivity contribution is 5.69. The lowest BCUT2D eigenvalue weighted by atomic mass is 10.0. The van der Waals surface area contributed by atoms with Gasteiger partial charge >= 0.3 is 0 Å². The number of aliphatic carboxylic acids is 1. The van der Waals surface area contributed by atoms with E-state index in [1.54, 1.807) is 6.92 Å². The average molecular weight is 131 g/mol. The SMILES string of the molecule is CC[C@H](C)[C@@H](O)C(=O)[O-]. The highest BCUT2D eigenvalue weighted by atomic mass is 16.4. The molecule has 0 saturated heterocycles. The lowest BCUT2D eigenvalue weighted by molar-refractivity contribution is -0.317. The normalized spacial score (nSPS) is 16.8. The van der Waals surface area contributed by atoms with E-state index in [0.29, 0.717) is 6.42 Å². The number of aliphatic hydroxyl groups is 1. The Labute approximate surface area is 54.3 Å². The minimum Gasteiger partial charge on any atom is -0.547 e. The summed E-state index contributed by atoms with van der Waals surface area (Å²) in [6.45, 7) is 3.48. The van der Waals surface area contributed by atoms with Crippen LogP contribution in [-0.2, 0) is 4.79 Å². The van der Waals surface area contributed by atoms with Crippen LogP contribution in [0, 0.1) is 5.92 Å². The van der Waals surface area contributed by atoms with Crippen molar-refractivity contribution in [1.29, 1.82) is 0 Å². The quantitative estimate of drug-likeness (QED) is 0.542. The van der Waals surface area contributed by atoms with Gasteiger partial charge < -0.3 is 15.0 Å². The molecule has 0 aromatic rings. The Morgan fingerprint density at radius 3 is 2.33 bits per heavy atom. The predicted molar refractivity (Wildman–Crippen MR) is 30.5 cm³/mol. The second-order valence-electron chi connectivity index (χ2n) is 2.15. The van der Waals surface area contributed by atoms with Crippen molar-refractivity contribution < 1.29 is 15.0 Å². The summed E-state index contributed by atoms with van der Waals surface area (Å²) >= 11 is 0. The Bertz CT molecular complexity index is 100. The molecule has 0 fully saturated rings. The summed E-state index contributed by atoms with van der Waals surface area (Å²) in [5, 5.41) is 18.7. The van der Waals surface area contributed by atoms with E-state index >= 15 is 0 Å². The molecular weight excluding hydrogens is 120 g/mol. The number of carboxylic acid groups (broad SMARTS) is 1. The summed E-state index contributed by atoms with van der Waals surface area (Å²) in [5.74, 6) is -1.60. The van der Waals surface area contributed by atoms with Crippen molar-refractivity contribution in [2.24, 2.45) is 5.92 Å². The molecule has 3 heteroatoms. The third-order valence-corrected chi connectivity index (χ3v) is 1.42. The Hall–Kier alpha value is -0.570. The second kappa shape index (κ2) is 3.45. The summed E-state index contributed by atoms with van der Waals surface area (Å²) in [6, 6.07) is 0. The molecule has 0 heterocycles. The van der Waals surface area contributed by atoms with Gasteiger partial charge in [0.25, 0.3) is 0 Å². The summed E-state index contributed by atoms with van der Waals surface area (Å²) in [7, 11) is 0. The van der Waals surface area contributed by atoms with Gasteiger partial charge in [-0.15, -0.1) is 0 Å². The van der Waals surface area contributed by atoms with Crippen molar-refractivity contribution in [2.45, 2.75) is 26.4 Å². The largest absolute Gasteiger partial charge is 0.547 e. The van der Waals surface area contributed by atoms with Gasteiger partial charge in [0.05, 0.1) is 12.1 Å². The maximum absolute atomic E-state index is 9.94. The number of carbonyl (C=O) groups excluding carboxylic acids is 1. The van der Waals surface area contributed by atoms with E-state index in [-0.39, 0.29) is 5.92 Å². The Balaban J connectivity index is 3.72. The topological polar surface area (TPSA) is 60.4 Å². The predicted octanol–water partition coefficient (Wildman–Crippen LogP) is -0.857. The van der Waals surface area contributed by atoms with Crippen LogP contribution in [0.1, 0.15) is 20.3 Å². The number of hydrogen-bond donors (Lipinski definition) is 1. The van der Waals surface area contributed by atoms with E-state index in [2.05, 4.69) is 0 Å². The second-order valence-corrected chi connectivity index (χ2v) is 2.15. The van der Waals surface area contributed by atoms with E-state index < -0.39 is 12.1 Å². The van der Waals surface area contributed by atoms with E-state index in [1.807, 2.05) is 6.92 Å². The fourth-order valence-electron chi connectivity index (χ4n) is 0.456. The number of aliphatic hydroxyl groups excluding tert-OH is 1. The van der Waals surface area contributed by atoms with Crippen molar-refractivity contribution in [3.8, 4) is 0 Å². The molecule has 9 heavy (non-hydrogen) atoms. The Morgan fingerprint density at radius 1 is 1.78 bits per heavy atom. The fourth-order valence-corrected chi connectivity index (χ4v) is 0.456. The zero-order chi connectivity index (χ0) is 7.44. The minimum atomic E-state index is -1.38. The summed E-state index contributed by atoms with van der Waals surface area (Å²) in [5.41, 5.74) is 0. The van der Waals surface area contributed by atoms with Crippen molar-refractivity contribution in [2.75, 3.05) is 0 Å². The lowest BCUT2D eigenvalue weighted by Gasteiger charge is -2.16. The summed E-state index contributed by atoms with van der Waals surface area (Å²) < 4.78 is 0. The molecule has 0 aromatic heterocycles. The molecule has 0 rings (SSSR count). The molecule has 1 N–H and O–H groups in total. The van der Waals surface area contributed by atoms with Gasteiger partial charge in [-0.3, -0.25) is 0 Å². The van der Waals surface area contributed by atoms with E-state index in [1.165, 1.54) is 0 Å². The highest BCUT2D eigenvalue weighted by Crippen LogP contribution is 2.05. The molecule has 0 aliphatic carbocycles. The van der Waals surface area contributed by atoms with Gasteiger partial charge in [-0.2, -0.15) is 0 Å². The fraction of sp³-hybridized carbons (Fsp3) is 0.833. The molecule has 0 aliphatic heterocycles. The van der Waals surface area contributed by atoms with Crippen LogP contribution in [-0.4, -0.2) is 17.2 Å². The van der Waals surface area contributed by atoms with Crippen LogP contribution in [0.4, 0.5) is 0 Å². The average Bonchev–Trinajstić information content (AvgIpc) is 1.84. The van der Waals surface area contributed by atoms with Crippen molar-refractivity contribution in [3.63, 3.8) is 0 Å². The number of rotatable bonds is 3. The molecule has 54 valence electrons. The number of hydrogen-bond acceptors (Lipinski definition) is 3. The first-order valence-electron chi connectivity index (χ1n) is 2.98. The molecule has 0 spiro atoms. The standard InChI is InChI=1S/C6H12O3/c1-3-4(2)5(7)6(8)9/h4-5,7H,3H2,1-2H3,(H,8,9)/p-1/t4-,5+/m0/s1. The molecule has 3 nitrogen and oxygen atoms in total. The van der Waals surface area contributed by atoms with Crippen LogP contribution in [0.5, 0.6) is 0 Å². The molecule has 0 unspecified atom stereocenters. The first-order chi connectivity index (χ1) is 4.09. The number of carboxylic acids is 1. The van der Waals surface area contributed by atoms with E-state index in [4.69, 9.17) is 5.11 Å². The van der Waals surface area contributed by atoms with Crippen molar-refractivity contribution in [3.05, 3.63) is 0 Å². The molecule has 0 bridgehead atoms. The van der Waals surface area contributed by atoms with Gasteiger partial charge in [-0.05, 0) is 5.92 Å². The lowest BCUT2D eigenvalue weighted by Crippen LogP contribution is -2.39. The first-order valence-corrected chi connectivity index (χ1v) is 2.98. The van der Waals surface area contributed by atoms with Gasteiger partial charge in [0.2, 0.25) is 0 Å². The third-order valence-electron chi connectivity index (χ3n) is 1.42. The van der Waals surface area contributed by atoms with Crippen LogP contribution in [0.25, 0.3) is 0 Å². The molecule has 0 aliphatic rings. The smallest absolute Gasteiger partial charge is 0.0958 e. The maximum Gasteiger partial charge on any atom is 0.0958 e. The zero-order valence-corrected chi connectivity index (χ0v) is 5.63. The Kier molecular flexibility index (Phi) is 3.24. The van der Waals surface area contributed by atoms with Gasteiger partial charge in [-0.1, -0.05) is 20.3 Å². The maximum atomic E-state index is 9.94. The number of carbonyl (C=O) groups is 1. The van der Waals surface area contributed by atoms with Crippen LogP contribution in [0.3, 0.4) is 0 Å². The molecule has 0 aromatic carbocycles. The van der Waals surface area contributed by atoms with Gasteiger partial charge in [0.15, 0.2) is 0 Å². The van der Waals surface area contributed by atoms with Crippen molar-refractivity contribution >= 4 is 5.97 Å². The van der Waals surface area contributed by atoms with Crippen molar-refractivity contribution in [1.82, 2.24) is 0 Å². The molecule has 0 radical (unpaired) electrons. The molecule has 0 saturated carbocycles. The third kappa shape index (κ3) is 2.46. The van der Waals surface area contributed by atoms with E-state index in [9.17, 15) is 9.90 Å². The summed E-state index contributed by atoms with van der Waals surface area (Å²) in [6.07, 6.45) is -0.662. The van der Waals surface area contributed by atoms with Gasteiger partial charge in [0, 0.05) is 0 Å². The van der Waals surface area contributed by atoms with Crippen LogP contribution >= 0.6 is 0 Å². The Morgan fingerprint density at radius 2 is 2.22 bits per heavy atom. The van der Waals surface area contributed by atoms with Crippen LogP contribution in [0.15, 0.2) is 0 Å². The highest BCUT2D eigenvalue weighted by Gasteiger charge is 2.11. The molecular formula is C6H11O3-. The zero-order valence-electron chi connectivity index (χ0n) is 5.63. The van der Waals surface area contributed by atoms with Crippen LogP contribution in [0.2, 0.25) is 0 Å². The molecule has 0 amide bonds. The summed E-state index contributed by atoms with van der Waals surface area (Å²) in [4.78, 5) is 9.94. The minimum absolute atomic E-state index is 0.213. The van der Waals surface area contributed by atoms with Crippen LogP contribution < -0.4 is 5.11 Å². The van der Waals surface area contributed by atoms with Gasteiger partial charge in [0.1, 0.15) is 0 Å².